The van der Waals surface area contributed by atoms with Crippen molar-refractivity contribution in [3.05, 3.63) is 31.9 Å². The summed E-state index contributed by atoms with van der Waals surface area (Å²) in [5, 5.41) is 6.44. The molecule has 1 aliphatic carbocycles. The molecule has 0 atom stereocenters. The van der Waals surface area contributed by atoms with Crippen LogP contribution >= 0.6 is 34.3 Å². The third-order valence-corrected chi connectivity index (χ3v) is 6.93. The molecule has 26 heavy (non-hydrogen) atoms. The fourth-order valence-electron chi connectivity index (χ4n) is 3.40. The summed E-state index contributed by atoms with van der Waals surface area (Å²) in [6.45, 7) is 1.14. The highest BCUT2D eigenvalue weighted by Crippen LogP contribution is 2.30. The SMILES string of the molecule is O=C(Nc1nc2c(s1)CN(C(=O)c1ccc(Cl)s1)CC2)NC1CCCC1. The summed E-state index contributed by atoms with van der Waals surface area (Å²) < 4.78 is 0.614. The van der Waals surface area contributed by atoms with E-state index in [0.717, 1.165) is 23.4 Å². The lowest BCUT2D eigenvalue weighted by Gasteiger charge is -2.25. The van der Waals surface area contributed by atoms with E-state index in [9.17, 15) is 9.59 Å². The highest BCUT2D eigenvalue weighted by atomic mass is 35.5. The average Bonchev–Trinajstić information content (AvgIpc) is 3.34. The van der Waals surface area contributed by atoms with Crippen molar-refractivity contribution >= 4 is 51.3 Å². The first-order chi connectivity index (χ1) is 12.6. The Hall–Kier alpha value is -1.64. The van der Waals surface area contributed by atoms with Crippen molar-refractivity contribution in [2.45, 2.75) is 44.7 Å². The van der Waals surface area contributed by atoms with Crippen molar-refractivity contribution < 1.29 is 9.59 Å². The molecular formula is C17H19ClN4O2S2. The van der Waals surface area contributed by atoms with Gasteiger partial charge in [-0.2, -0.15) is 0 Å². The number of fused-ring (bicyclic) bond motifs is 1. The maximum Gasteiger partial charge on any atom is 0.321 e. The number of rotatable bonds is 3. The summed E-state index contributed by atoms with van der Waals surface area (Å²) in [6.07, 6.45) is 5.14. The van der Waals surface area contributed by atoms with E-state index in [1.54, 1.807) is 12.1 Å². The van der Waals surface area contributed by atoms with Crippen LogP contribution < -0.4 is 10.6 Å². The Bertz CT molecular complexity index is 829. The predicted octanol–water partition coefficient (Wildman–Crippen LogP) is 4.12. The number of anilines is 1. The van der Waals surface area contributed by atoms with Gasteiger partial charge < -0.3 is 10.2 Å². The van der Waals surface area contributed by atoms with Gasteiger partial charge in [-0.3, -0.25) is 10.1 Å². The van der Waals surface area contributed by atoms with Crippen LogP contribution in [-0.4, -0.2) is 34.4 Å². The number of nitrogens with one attached hydrogen (secondary N) is 2. The summed E-state index contributed by atoms with van der Waals surface area (Å²) in [4.78, 5) is 32.7. The van der Waals surface area contributed by atoms with Gasteiger partial charge in [0.2, 0.25) is 0 Å². The summed E-state index contributed by atoms with van der Waals surface area (Å²) >= 11 is 8.67. The maximum atomic E-state index is 12.6. The highest BCUT2D eigenvalue weighted by Gasteiger charge is 2.26. The fourth-order valence-corrected chi connectivity index (χ4v) is 5.43. The fraction of sp³-hybridized carbons (Fsp3) is 0.471. The molecule has 0 radical (unpaired) electrons. The Balaban J connectivity index is 1.38. The van der Waals surface area contributed by atoms with Gasteiger partial charge in [0.15, 0.2) is 5.13 Å². The smallest absolute Gasteiger partial charge is 0.321 e. The number of aromatic nitrogens is 1. The van der Waals surface area contributed by atoms with E-state index in [0.29, 0.717) is 33.9 Å². The molecule has 6 nitrogen and oxygen atoms in total. The first-order valence-electron chi connectivity index (χ1n) is 8.69. The molecule has 9 heteroatoms. The number of hydrogen-bond donors (Lipinski definition) is 2. The molecule has 2 aromatic rings. The van der Waals surface area contributed by atoms with E-state index in [1.165, 1.54) is 35.5 Å². The average molecular weight is 411 g/mol. The Labute approximate surface area is 164 Å². The molecule has 2 N–H and O–H groups in total. The van der Waals surface area contributed by atoms with Crippen LogP contribution in [0.25, 0.3) is 0 Å². The van der Waals surface area contributed by atoms with Gasteiger partial charge in [0.05, 0.1) is 21.5 Å². The summed E-state index contributed by atoms with van der Waals surface area (Å²) in [7, 11) is 0. The van der Waals surface area contributed by atoms with Crippen molar-refractivity contribution in [1.29, 1.82) is 0 Å². The largest absolute Gasteiger partial charge is 0.335 e. The zero-order valence-corrected chi connectivity index (χ0v) is 16.5. The number of thiazole rings is 1. The van der Waals surface area contributed by atoms with Gasteiger partial charge in [-0.1, -0.05) is 35.8 Å². The van der Waals surface area contributed by atoms with Crippen LogP contribution in [0.5, 0.6) is 0 Å². The van der Waals surface area contributed by atoms with E-state index in [4.69, 9.17) is 11.6 Å². The van der Waals surface area contributed by atoms with Gasteiger partial charge >= 0.3 is 6.03 Å². The van der Waals surface area contributed by atoms with Crippen LogP contribution in [-0.2, 0) is 13.0 Å². The number of nitrogens with zero attached hydrogens (tertiary/aromatic N) is 2. The van der Waals surface area contributed by atoms with E-state index in [1.807, 2.05) is 4.90 Å². The summed E-state index contributed by atoms with van der Waals surface area (Å²) in [5.74, 6) is -0.00515. The third-order valence-electron chi connectivity index (χ3n) is 4.71. The second-order valence-corrected chi connectivity index (χ2v) is 9.35. The number of thiophene rings is 1. The van der Waals surface area contributed by atoms with E-state index >= 15 is 0 Å². The number of halogens is 1. The molecule has 0 unspecified atom stereocenters. The summed E-state index contributed by atoms with van der Waals surface area (Å²) in [6, 6.07) is 3.59. The molecule has 0 saturated heterocycles. The van der Waals surface area contributed by atoms with Gasteiger partial charge in [-0.05, 0) is 25.0 Å². The Kier molecular flexibility index (Phi) is 5.15. The first kappa shape index (κ1) is 17.8. The Morgan fingerprint density at radius 2 is 2.04 bits per heavy atom. The highest BCUT2D eigenvalue weighted by molar-refractivity contribution is 7.18. The molecule has 3 heterocycles. The second-order valence-electron chi connectivity index (χ2n) is 6.55. The molecule has 1 aliphatic heterocycles. The van der Waals surface area contributed by atoms with Crippen LogP contribution in [0, 0.1) is 0 Å². The number of amides is 3. The minimum atomic E-state index is -0.191. The molecule has 1 fully saturated rings. The second kappa shape index (κ2) is 7.54. The lowest BCUT2D eigenvalue weighted by molar-refractivity contribution is 0.0741. The number of hydrogen-bond acceptors (Lipinski definition) is 5. The number of carbonyl (C=O) groups excluding carboxylic acids is 2. The molecule has 2 aromatic heterocycles. The van der Waals surface area contributed by atoms with Gasteiger partial charge in [0, 0.05) is 23.9 Å². The molecule has 1 saturated carbocycles. The number of carbonyl (C=O) groups is 2. The van der Waals surface area contributed by atoms with Crippen molar-refractivity contribution in [3.8, 4) is 0 Å². The van der Waals surface area contributed by atoms with Gasteiger partial charge in [0.25, 0.3) is 5.91 Å². The maximum absolute atomic E-state index is 12.6. The van der Waals surface area contributed by atoms with Crippen molar-refractivity contribution in [2.75, 3.05) is 11.9 Å². The molecule has 3 amide bonds. The number of urea groups is 1. The topological polar surface area (TPSA) is 74.3 Å². The van der Waals surface area contributed by atoms with Crippen LogP contribution in [0.3, 0.4) is 0 Å². The van der Waals surface area contributed by atoms with Crippen molar-refractivity contribution in [1.82, 2.24) is 15.2 Å². The van der Waals surface area contributed by atoms with E-state index in [2.05, 4.69) is 15.6 Å². The third kappa shape index (κ3) is 3.87. The zero-order valence-electron chi connectivity index (χ0n) is 14.1. The molecule has 2 aliphatic rings. The van der Waals surface area contributed by atoms with Crippen molar-refractivity contribution in [3.63, 3.8) is 0 Å². The molecule has 4 rings (SSSR count). The lowest BCUT2D eigenvalue weighted by Crippen LogP contribution is -2.36. The van der Waals surface area contributed by atoms with E-state index in [-0.39, 0.29) is 18.0 Å². The minimum Gasteiger partial charge on any atom is -0.335 e. The molecule has 0 aromatic carbocycles. The molecular weight excluding hydrogens is 392 g/mol. The Morgan fingerprint density at radius 3 is 2.77 bits per heavy atom. The zero-order chi connectivity index (χ0) is 18.1. The summed E-state index contributed by atoms with van der Waals surface area (Å²) in [5.41, 5.74) is 0.972. The van der Waals surface area contributed by atoms with Crippen LogP contribution in [0.1, 0.15) is 45.9 Å². The lowest BCUT2D eigenvalue weighted by atomic mass is 10.2. The minimum absolute atomic E-state index is 0.00515. The van der Waals surface area contributed by atoms with Crippen LogP contribution in [0.15, 0.2) is 12.1 Å². The standard InChI is InChI=1S/C17H19ClN4O2S2/c18-14-6-5-12(25-14)15(23)22-8-7-11-13(9-22)26-17(20-11)21-16(24)19-10-3-1-2-4-10/h5-6,10H,1-4,7-9H2,(H2,19,20,21,24). The van der Waals surface area contributed by atoms with Gasteiger partial charge in [-0.25, -0.2) is 9.78 Å². The normalized spacial score (nSPS) is 17.2. The van der Waals surface area contributed by atoms with E-state index < -0.39 is 0 Å². The molecule has 138 valence electrons. The molecule has 0 spiro atoms. The quantitative estimate of drug-likeness (QED) is 0.799. The van der Waals surface area contributed by atoms with Gasteiger partial charge in [-0.15, -0.1) is 11.3 Å². The first-order valence-corrected chi connectivity index (χ1v) is 10.7. The monoisotopic (exact) mass is 410 g/mol. The van der Waals surface area contributed by atoms with Crippen LogP contribution in [0.2, 0.25) is 4.34 Å². The van der Waals surface area contributed by atoms with Crippen LogP contribution in [0.4, 0.5) is 9.93 Å². The van der Waals surface area contributed by atoms with Gasteiger partial charge in [0.1, 0.15) is 0 Å². The molecule has 0 bridgehead atoms. The van der Waals surface area contributed by atoms with Crippen molar-refractivity contribution in [2.24, 2.45) is 0 Å². The Morgan fingerprint density at radius 1 is 1.23 bits per heavy atom. The predicted molar refractivity (Wildman–Crippen MR) is 104 cm³/mol.